The van der Waals surface area contributed by atoms with Crippen molar-refractivity contribution in [1.29, 1.82) is 0 Å². The number of hydrogen-bond donors (Lipinski definition) is 3. The Morgan fingerprint density at radius 3 is 2.73 bits per heavy atom. The van der Waals surface area contributed by atoms with E-state index in [1.165, 1.54) is 6.07 Å². The Morgan fingerprint density at radius 1 is 1.59 bits per heavy atom. The van der Waals surface area contributed by atoms with Crippen LogP contribution in [0, 0.1) is 15.5 Å². The fourth-order valence-corrected chi connectivity index (χ4v) is 2.86. The quantitative estimate of drug-likeness (QED) is 0.426. The highest BCUT2D eigenvalue weighted by Gasteiger charge is 2.40. The highest BCUT2D eigenvalue weighted by Crippen LogP contribution is 2.37. The highest BCUT2D eigenvalue weighted by molar-refractivity contribution is 6.29. The van der Waals surface area contributed by atoms with Crippen LogP contribution in [-0.2, 0) is 4.79 Å². The Hall–Kier alpha value is -1.93. The van der Waals surface area contributed by atoms with Crippen molar-refractivity contribution in [3.8, 4) is 0 Å². The molecule has 0 aliphatic heterocycles. The molecule has 1 aliphatic rings. The molecule has 1 heterocycles. The van der Waals surface area contributed by atoms with Crippen molar-refractivity contribution < 1.29 is 14.8 Å². The van der Waals surface area contributed by atoms with Gasteiger partial charge in [0.05, 0.1) is 16.9 Å². The van der Waals surface area contributed by atoms with E-state index >= 15 is 0 Å². The zero-order valence-electron chi connectivity index (χ0n) is 11.8. The van der Waals surface area contributed by atoms with Crippen LogP contribution >= 0.6 is 11.6 Å². The molecule has 0 atom stereocenters. The first-order chi connectivity index (χ1) is 10.4. The fraction of sp³-hybridized carbons (Fsp3) is 0.538. The van der Waals surface area contributed by atoms with E-state index in [2.05, 4.69) is 10.3 Å². The lowest BCUT2D eigenvalue weighted by atomic mass is 9.72. The van der Waals surface area contributed by atoms with Gasteiger partial charge in [-0.3, -0.25) is 14.9 Å². The van der Waals surface area contributed by atoms with E-state index < -0.39 is 16.2 Å². The summed E-state index contributed by atoms with van der Waals surface area (Å²) in [5, 5.41) is 23.6. The molecule has 0 bridgehead atoms. The van der Waals surface area contributed by atoms with Crippen LogP contribution in [0.2, 0.25) is 5.15 Å². The van der Waals surface area contributed by atoms with Gasteiger partial charge in [0, 0.05) is 12.1 Å². The van der Waals surface area contributed by atoms with Gasteiger partial charge >= 0.3 is 5.69 Å². The number of nitrogens with two attached hydrogens (primary N) is 1. The van der Waals surface area contributed by atoms with Crippen molar-refractivity contribution >= 4 is 28.9 Å². The molecular formula is C13H17ClN4O4. The monoisotopic (exact) mass is 328 g/mol. The number of hydrogen-bond acceptors (Lipinski definition) is 6. The van der Waals surface area contributed by atoms with Crippen molar-refractivity contribution in [3.63, 3.8) is 0 Å². The third kappa shape index (κ3) is 3.28. The molecule has 8 nitrogen and oxygen atoms in total. The number of aromatic nitrogens is 1. The molecule has 2 rings (SSSR count). The van der Waals surface area contributed by atoms with Gasteiger partial charge in [-0.2, -0.15) is 0 Å². The van der Waals surface area contributed by atoms with Crippen LogP contribution in [0.25, 0.3) is 0 Å². The standard InChI is InChI=1S/C13H17ClN4O4/c14-11-5-9(10(6-16-11)18(21)22)17-8-1-3-13(7-19,4-2-8)12(15)20/h5-6,8,19H,1-4,7H2,(H2,15,20)(H,16,17). The van der Waals surface area contributed by atoms with Crippen LogP contribution in [0.15, 0.2) is 12.3 Å². The molecule has 4 N–H and O–H groups in total. The smallest absolute Gasteiger partial charge is 0.310 e. The Kier molecular flexibility index (Phi) is 4.82. The lowest BCUT2D eigenvalue weighted by molar-refractivity contribution is -0.384. The lowest BCUT2D eigenvalue weighted by Gasteiger charge is -2.36. The molecule has 0 saturated heterocycles. The second-order valence-corrected chi connectivity index (χ2v) is 5.89. The first-order valence-corrected chi connectivity index (χ1v) is 7.23. The number of nitrogens with zero attached hydrogens (tertiary/aromatic N) is 2. The van der Waals surface area contributed by atoms with Crippen LogP contribution in [-0.4, -0.2) is 33.6 Å². The number of pyridine rings is 1. The number of carbonyl (C=O) groups excluding carboxylic acids is 1. The van der Waals surface area contributed by atoms with Crippen molar-refractivity contribution in [2.75, 3.05) is 11.9 Å². The summed E-state index contributed by atoms with van der Waals surface area (Å²) >= 11 is 5.78. The maximum Gasteiger partial charge on any atom is 0.310 e. The van der Waals surface area contributed by atoms with E-state index in [0.717, 1.165) is 6.20 Å². The van der Waals surface area contributed by atoms with Gasteiger partial charge in [-0.15, -0.1) is 0 Å². The second-order valence-electron chi connectivity index (χ2n) is 5.50. The molecule has 1 saturated carbocycles. The van der Waals surface area contributed by atoms with Gasteiger partial charge in [0.25, 0.3) is 0 Å². The summed E-state index contributed by atoms with van der Waals surface area (Å²) in [6.45, 7) is -0.281. The van der Waals surface area contributed by atoms with Crippen molar-refractivity contribution in [2.24, 2.45) is 11.1 Å². The molecule has 1 fully saturated rings. The van der Waals surface area contributed by atoms with Crippen molar-refractivity contribution in [2.45, 2.75) is 31.7 Å². The normalized spacial score (nSPS) is 24.7. The lowest BCUT2D eigenvalue weighted by Crippen LogP contribution is -2.45. The third-order valence-corrected chi connectivity index (χ3v) is 4.38. The van der Waals surface area contributed by atoms with Crippen LogP contribution in [0.3, 0.4) is 0 Å². The summed E-state index contributed by atoms with van der Waals surface area (Å²) in [5.74, 6) is -0.508. The molecule has 1 amide bonds. The minimum atomic E-state index is -0.889. The van der Waals surface area contributed by atoms with E-state index in [-0.39, 0.29) is 23.5 Å². The van der Waals surface area contributed by atoms with Gasteiger partial charge in [-0.05, 0) is 25.7 Å². The number of nitrogens with one attached hydrogen (secondary N) is 1. The predicted molar refractivity (Wildman–Crippen MR) is 80.5 cm³/mol. The molecule has 0 spiro atoms. The predicted octanol–water partition coefficient (Wildman–Crippen LogP) is 1.46. The third-order valence-electron chi connectivity index (χ3n) is 4.17. The van der Waals surface area contributed by atoms with Crippen LogP contribution in [0.4, 0.5) is 11.4 Å². The topological polar surface area (TPSA) is 131 Å². The van der Waals surface area contributed by atoms with E-state index in [0.29, 0.717) is 31.4 Å². The summed E-state index contributed by atoms with van der Waals surface area (Å²) in [6, 6.07) is 1.35. The molecular weight excluding hydrogens is 312 g/mol. The summed E-state index contributed by atoms with van der Waals surface area (Å²) in [5.41, 5.74) is 4.61. The van der Waals surface area contributed by atoms with Gasteiger partial charge in [-0.1, -0.05) is 11.6 Å². The summed E-state index contributed by atoms with van der Waals surface area (Å²) in [6.07, 6.45) is 3.11. The van der Waals surface area contributed by atoms with Crippen molar-refractivity contribution in [3.05, 3.63) is 27.5 Å². The van der Waals surface area contributed by atoms with E-state index in [9.17, 15) is 20.0 Å². The second kappa shape index (κ2) is 6.45. The molecule has 1 aliphatic carbocycles. The minimum Gasteiger partial charge on any atom is -0.395 e. The number of amides is 1. The van der Waals surface area contributed by atoms with Crippen LogP contribution < -0.4 is 11.1 Å². The molecule has 1 aromatic heterocycles. The Bertz CT molecular complexity index is 587. The zero-order chi connectivity index (χ0) is 16.3. The number of aliphatic hydroxyl groups excluding tert-OH is 1. The number of nitro groups is 1. The summed E-state index contributed by atoms with van der Waals surface area (Å²) < 4.78 is 0. The number of anilines is 1. The van der Waals surface area contributed by atoms with Gasteiger partial charge in [0.15, 0.2) is 0 Å². The van der Waals surface area contributed by atoms with Gasteiger partial charge in [-0.25, -0.2) is 4.98 Å². The molecule has 1 aromatic rings. The van der Waals surface area contributed by atoms with Gasteiger partial charge in [0.2, 0.25) is 5.91 Å². The fourth-order valence-electron chi connectivity index (χ4n) is 2.70. The zero-order valence-corrected chi connectivity index (χ0v) is 12.5. The minimum absolute atomic E-state index is 0.0591. The SMILES string of the molecule is NC(=O)C1(CO)CCC(Nc2cc(Cl)ncc2[N+](=O)[O-])CC1. The maximum atomic E-state index is 11.5. The molecule has 9 heteroatoms. The van der Waals surface area contributed by atoms with Crippen LogP contribution in [0.1, 0.15) is 25.7 Å². The number of rotatable bonds is 5. The molecule has 0 unspecified atom stereocenters. The van der Waals surface area contributed by atoms with Gasteiger partial charge in [0.1, 0.15) is 17.0 Å². The van der Waals surface area contributed by atoms with Crippen LogP contribution in [0.5, 0.6) is 0 Å². The van der Waals surface area contributed by atoms with E-state index in [1.54, 1.807) is 0 Å². The summed E-state index contributed by atoms with van der Waals surface area (Å²) in [4.78, 5) is 25.7. The molecule has 120 valence electrons. The Labute approximate surface area is 131 Å². The van der Waals surface area contributed by atoms with E-state index in [1.807, 2.05) is 0 Å². The number of aliphatic hydroxyl groups is 1. The van der Waals surface area contributed by atoms with Crippen molar-refractivity contribution in [1.82, 2.24) is 4.98 Å². The van der Waals surface area contributed by atoms with Gasteiger partial charge < -0.3 is 16.2 Å². The molecule has 22 heavy (non-hydrogen) atoms. The largest absolute Gasteiger partial charge is 0.395 e. The van der Waals surface area contributed by atoms with E-state index in [4.69, 9.17) is 17.3 Å². The highest BCUT2D eigenvalue weighted by atomic mass is 35.5. The average Bonchev–Trinajstić information content (AvgIpc) is 2.47. The molecule has 0 aromatic carbocycles. The Balaban J connectivity index is 2.10. The number of carbonyl (C=O) groups is 1. The first-order valence-electron chi connectivity index (χ1n) is 6.85. The summed E-state index contributed by atoms with van der Waals surface area (Å²) in [7, 11) is 0. The Morgan fingerprint density at radius 2 is 2.23 bits per heavy atom. The average molecular weight is 329 g/mol. The molecule has 0 radical (unpaired) electrons. The number of primary amides is 1. The number of halogens is 1. The first kappa shape index (κ1) is 16.4. The maximum absolute atomic E-state index is 11.5.